The molecule has 0 fully saturated rings. The first-order valence-corrected chi connectivity index (χ1v) is 8.40. The topological polar surface area (TPSA) is 65.1 Å². The van der Waals surface area contributed by atoms with E-state index in [4.69, 9.17) is 14.2 Å². The number of benzene rings is 2. The van der Waals surface area contributed by atoms with Crippen LogP contribution < -0.4 is 14.4 Å². The van der Waals surface area contributed by atoms with Gasteiger partial charge in [0.1, 0.15) is 6.61 Å². The SMILES string of the molecule is O=C1OCC2=C1[C@H](c1ccc3c(c1)OCO3)CC(=O)N2c1ccccc1. The predicted octanol–water partition coefficient (Wildman–Crippen LogP) is 2.75. The zero-order valence-electron chi connectivity index (χ0n) is 13.8. The Morgan fingerprint density at radius 3 is 2.58 bits per heavy atom. The smallest absolute Gasteiger partial charge is 0.336 e. The molecule has 6 heteroatoms. The standard InChI is InChI=1S/C20H15NO5/c22-18-9-14(12-6-7-16-17(8-12)26-11-25-16)19-15(10-24-20(19)23)21(18)13-4-2-1-3-5-13/h1-8,14H,9-11H2/t14-/m0/s1. The van der Waals surface area contributed by atoms with E-state index in [9.17, 15) is 9.59 Å². The van der Waals surface area contributed by atoms with Crippen LogP contribution in [0.3, 0.4) is 0 Å². The van der Waals surface area contributed by atoms with Crippen molar-refractivity contribution in [3.8, 4) is 11.5 Å². The fourth-order valence-corrected chi connectivity index (χ4v) is 3.75. The Hall–Kier alpha value is -3.28. The molecule has 1 atom stereocenters. The van der Waals surface area contributed by atoms with E-state index in [0.717, 1.165) is 11.3 Å². The van der Waals surface area contributed by atoms with Crippen LogP contribution in [0.15, 0.2) is 59.8 Å². The van der Waals surface area contributed by atoms with Crippen LogP contribution in [0, 0.1) is 0 Å². The molecule has 0 spiro atoms. The van der Waals surface area contributed by atoms with E-state index in [2.05, 4.69) is 0 Å². The van der Waals surface area contributed by atoms with Gasteiger partial charge in [0.2, 0.25) is 12.7 Å². The molecular weight excluding hydrogens is 334 g/mol. The van der Waals surface area contributed by atoms with Gasteiger partial charge in [0.25, 0.3) is 0 Å². The van der Waals surface area contributed by atoms with E-state index in [1.807, 2.05) is 48.5 Å². The lowest BCUT2D eigenvalue weighted by Gasteiger charge is -2.31. The lowest BCUT2D eigenvalue weighted by Crippen LogP contribution is -2.37. The summed E-state index contributed by atoms with van der Waals surface area (Å²) in [4.78, 5) is 27.0. The first-order chi connectivity index (χ1) is 12.7. The number of amides is 1. The van der Waals surface area contributed by atoms with Crippen LogP contribution in [0.25, 0.3) is 0 Å². The molecule has 0 aromatic heterocycles. The molecule has 3 aliphatic heterocycles. The highest BCUT2D eigenvalue weighted by atomic mass is 16.7. The van der Waals surface area contributed by atoms with Gasteiger partial charge in [-0.25, -0.2) is 4.79 Å². The molecule has 0 N–H and O–H groups in total. The monoisotopic (exact) mass is 349 g/mol. The van der Waals surface area contributed by atoms with Crippen molar-refractivity contribution in [1.82, 2.24) is 0 Å². The van der Waals surface area contributed by atoms with Crippen LogP contribution >= 0.6 is 0 Å². The predicted molar refractivity (Wildman–Crippen MR) is 91.8 cm³/mol. The first kappa shape index (κ1) is 15.0. The molecule has 0 bridgehead atoms. The molecule has 0 unspecified atom stereocenters. The molecule has 3 aliphatic rings. The molecule has 2 aromatic rings. The molecule has 0 saturated heterocycles. The van der Waals surface area contributed by atoms with Crippen molar-refractivity contribution < 1.29 is 23.8 Å². The molecule has 6 nitrogen and oxygen atoms in total. The van der Waals surface area contributed by atoms with E-state index < -0.39 is 0 Å². The Labute approximate surface area is 149 Å². The van der Waals surface area contributed by atoms with Gasteiger partial charge in [0.05, 0.1) is 11.3 Å². The Balaban J connectivity index is 1.61. The van der Waals surface area contributed by atoms with E-state index in [-0.39, 0.29) is 37.6 Å². The molecule has 1 amide bonds. The molecule has 0 aliphatic carbocycles. The second-order valence-electron chi connectivity index (χ2n) is 6.37. The lowest BCUT2D eigenvalue weighted by molar-refractivity contribution is -0.136. The van der Waals surface area contributed by atoms with Gasteiger partial charge in [-0.05, 0) is 29.8 Å². The van der Waals surface area contributed by atoms with Crippen molar-refractivity contribution in [2.24, 2.45) is 0 Å². The normalized spacial score (nSPS) is 21.1. The lowest BCUT2D eigenvalue weighted by atomic mass is 9.84. The Morgan fingerprint density at radius 1 is 0.923 bits per heavy atom. The van der Waals surface area contributed by atoms with Crippen molar-refractivity contribution in [3.63, 3.8) is 0 Å². The molecule has 0 saturated carbocycles. The third kappa shape index (κ3) is 2.19. The van der Waals surface area contributed by atoms with Crippen LogP contribution in [0.4, 0.5) is 5.69 Å². The maximum Gasteiger partial charge on any atom is 0.336 e. The molecular formula is C20H15NO5. The van der Waals surface area contributed by atoms with Crippen LogP contribution in [-0.2, 0) is 14.3 Å². The minimum atomic E-state index is -0.365. The second kappa shape index (κ2) is 5.62. The Bertz CT molecular complexity index is 950. The number of carbonyl (C=O) groups is 2. The van der Waals surface area contributed by atoms with Gasteiger partial charge >= 0.3 is 5.97 Å². The summed E-state index contributed by atoms with van der Waals surface area (Å²) in [5.74, 6) is 0.535. The average molecular weight is 349 g/mol. The number of esters is 1. The number of para-hydroxylation sites is 1. The van der Waals surface area contributed by atoms with Crippen molar-refractivity contribution in [3.05, 3.63) is 65.4 Å². The summed E-state index contributed by atoms with van der Waals surface area (Å²) in [5.41, 5.74) is 2.77. The Morgan fingerprint density at radius 2 is 1.73 bits per heavy atom. The highest BCUT2D eigenvalue weighted by Crippen LogP contribution is 2.44. The minimum Gasteiger partial charge on any atom is -0.456 e. The maximum atomic E-state index is 12.9. The summed E-state index contributed by atoms with van der Waals surface area (Å²) in [7, 11) is 0. The fourth-order valence-electron chi connectivity index (χ4n) is 3.75. The van der Waals surface area contributed by atoms with Crippen molar-refractivity contribution in [2.75, 3.05) is 18.3 Å². The van der Waals surface area contributed by atoms with Crippen LogP contribution in [0.1, 0.15) is 17.9 Å². The van der Waals surface area contributed by atoms with Crippen LogP contribution in [-0.4, -0.2) is 25.3 Å². The number of carbonyl (C=O) groups excluding carboxylic acids is 2. The van der Waals surface area contributed by atoms with Gasteiger partial charge in [-0.1, -0.05) is 24.3 Å². The number of anilines is 1. The number of rotatable bonds is 2. The van der Waals surface area contributed by atoms with Gasteiger partial charge < -0.3 is 14.2 Å². The highest BCUT2D eigenvalue weighted by molar-refractivity contribution is 6.06. The van der Waals surface area contributed by atoms with Crippen LogP contribution in [0.2, 0.25) is 0 Å². The summed E-state index contributed by atoms with van der Waals surface area (Å²) < 4.78 is 16.1. The molecule has 130 valence electrons. The molecule has 3 heterocycles. The van der Waals surface area contributed by atoms with E-state index in [0.29, 0.717) is 22.8 Å². The van der Waals surface area contributed by atoms with Gasteiger partial charge in [-0.15, -0.1) is 0 Å². The van der Waals surface area contributed by atoms with Crippen molar-refractivity contribution in [1.29, 1.82) is 0 Å². The third-order valence-corrected chi connectivity index (χ3v) is 4.93. The number of fused-ring (bicyclic) bond motifs is 1. The zero-order valence-corrected chi connectivity index (χ0v) is 13.8. The minimum absolute atomic E-state index is 0.0593. The van der Waals surface area contributed by atoms with Gasteiger partial charge in [-0.2, -0.15) is 0 Å². The molecule has 5 rings (SSSR count). The average Bonchev–Trinajstić information content (AvgIpc) is 3.28. The second-order valence-corrected chi connectivity index (χ2v) is 6.37. The number of cyclic esters (lactones) is 1. The van der Waals surface area contributed by atoms with Crippen LogP contribution in [0.5, 0.6) is 11.5 Å². The quantitative estimate of drug-likeness (QED) is 0.780. The Kier molecular flexibility index (Phi) is 3.25. The summed E-state index contributed by atoms with van der Waals surface area (Å²) in [6, 6.07) is 14.9. The van der Waals surface area contributed by atoms with Gasteiger partial charge in [0, 0.05) is 18.0 Å². The summed E-state index contributed by atoms with van der Waals surface area (Å²) in [6.07, 6.45) is 0.197. The first-order valence-electron chi connectivity index (χ1n) is 8.40. The largest absolute Gasteiger partial charge is 0.456 e. The summed E-state index contributed by atoms with van der Waals surface area (Å²) in [5, 5.41) is 0. The third-order valence-electron chi connectivity index (χ3n) is 4.93. The zero-order chi connectivity index (χ0) is 17.7. The van der Waals surface area contributed by atoms with E-state index in [1.165, 1.54) is 0 Å². The van der Waals surface area contributed by atoms with Crippen molar-refractivity contribution in [2.45, 2.75) is 12.3 Å². The maximum absolute atomic E-state index is 12.9. The summed E-state index contributed by atoms with van der Waals surface area (Å²) in [6.45, 7) is 0.288. The number of ether oxygens (including phenoxy) is 3. The highest BCUT2D eigenvalue weighted by Gasteiger charge is 2.43. The van der Waals surface area contributed by atoms with E-state index >= 15 is 0 Å². The number of nitrogens with zero attached hydrogens (tertiary/aromatic N) is 1. The number of hydrogen-bond acceptors (Lipinski definition) is 5. The molecule has 0 radical (unpaired) electrons. The fraction of sp³-hybridized carbons (Fsp3) is 0.200. The van der Waals surface area contributed by atoms with E-state index in [1.54, 1.807) is 4.90 Å². The van der Waals surface area contributed by atoms with Crippen molar-refractivity contribution >= 4 is 17.6 Å². The molecule has 2 aromatic carbocycles. The molecule has 26 heavy (non-hydrogen) atoms. The van der Waals surface area contributed by atoms with Gasteiger partial charge in [0.15, 0.2) is 11.5 Å². The summed E-state index contributed by atoms with van der Waals surface area (Å²) >= 11 is 0. The van der Waals surface area contributed by atoms with Gasteiger partial charge in [-0.3, -0.25) is 9.69 Å². The number of hydrogen-bond donors (Lipinski definition) is 0.